The predicted octanol–water partition coefficient (Wildman–Crippen LogP) is 6.40. The molecule has 1 aliphatic rings. The number of carbonyl (C=O) groups is 1. The van der Waals surface area contributed by atoms with Crippen LogP contribution in [0.25, 0.3) is 5.69 Å². The number of rotatable bonds is 6. The van der Waals surface area contributed by atoms with Gasteiger partial charge in [-0.25, -0.2) is 0 Å². The molecule has 0 bridgehead atoms. The van der Waals surface area contributed by atoms with Gasteiger partial charge in [-0.05, 0) is 96.1 Å². The first-order valence-corrected chi connectivity index (χ1v) is 13.4. The number of methoxy groups -OCH3 is 1. The number of anilines is 2. The fourth-order valence-electron chi connectivity index (χ4n) is 5.17. The number of aryl methyl sites for hydroxylation is 1. The minimum Gasteiger partial charge on any atom is -0.495 e. The van der Waals surface area contributed by atoms with Gasteiger partial charge in [0.25, 0.3) is 0 Å². The summed E-state index contributed by atoms with van der Waals surface area (Å²) in [5, 5.41) is 6.98. The highest BCUT2D eigenvalue weighted by Gasteiger charge is 2.42. The number of pyridine rings is 1. The Labute approximate surface area is 236 Å². The number of hydrogen-bond donors (Lipinski definition) is 2. The first-order valence-electron chi connectivity index (χ1n) is 12.2. The van der Waals surface area contributed by atoms with Crippen molar-refractivity contribution < 1.29 is 9.53 Å². The number of benzene rings is 2. The molecule has 2 aromatic heterocycles. The fraction of sp³-hybridized carbons (Fsp3) is 0.207. The Bertz CT molecular complexity index is 1520. The minimum atomic E-state index is -0.196. The van der Waals surface area contributed by atoms with E-state index in [1.54, 1.807) is 13.3 Å². The number of aromatic nitrogens is 2. The second-order valence-corrected chi connectivity index (χ2v) is 10.4. The van der Waals surface area contributed by atoms with Gasteiger partial charge in [-0.1, -0.05) is 18.2 Å². The van der Waals surface area contributed by atoms with Crippen LogP contribution in [-0.4, -0.2) is 27.7 Å². The second-order valence-electron chi connectivity index (χ2n) is 9.18. The summed E-state index contributed by atoms with van der Waals surface area (Å²) in [5.74, 6) is 0.398. The lowest BCUT2D eigenvalue weighted by molar-refractivity contribution is -0.114. The van der Waals surface area contributed by atoms with Crippen molar-refractivity contribution >= 4 is 50.5 Å². The Morgan fingerprint density at radius 2 is 1.87 bits per heavy atom. The molecule has 2 aromatic carbocycles. The lowest BCUT2D eigenvalue weighted by Gasteiger charge is -2.29. The molecular weight excluding hydrogens is 562 g/mol. The molecule has 4 aromatic rings. The third kappa shape index (κ3) is 4.68. The van der Waals surface area contributed by atoms with E-state index in [0.717, 1.165) is 38.5 Å². The highest BCUT2D eigenvalue weighted by molar-refractivity contribution is 9.10. The van der Waals surface area contributed by atoms with Crippen molar-refractivity contribution in [3.63, 3.8) is 0 Å². The van der Waals surface area contributed by atoms with Crippen LogP contribution in [0, 0.1) is 13.8 Å². The number of nitrogens with one attached hydrogen (secondary N) is 2. The van der Waals surface area contributed by atoms with Gasteiger partial charge in [0.1, 0.15) is 5.75 Å². The number of hydrogen-bond acceptors (Lipinski definition) is 4. The predicted molar refractivity (Wildman–Crippen MR) is 158 cm³/mol. The number of halogens is 1. The Kier molecular flexibility index (Phi) is 7.23. The minimum absolute atomic E-state index is 0.178. The molecule has 0 radical (unpaired) electrons. The first kappa shape index (κ1) is 25.9. The molecular formula is C29H28BrN5O2S. The molecule has 1 fully saturated rings. The maximum absolute atomic E-state index is 11.9. The van der Waals surface area contributed by atoms with Crippen LogP contribution in [0.4, 0.5) is 11.4 Å². The largest absolute Gasteiger partial charge is 0.495 e. The van der Waals surface area contributed by atoms with E-state index in [-0.39, 0.29) is 18.0 Å². The Morgan fingerprint density at radius 3 is 2.55 bits per heavy atom. The number of para-hydroxylation sites is 1. The Balaban J connectivity index is 1.69. The van der Waals surface area contributed by atoms with Crippen molar-refractivity contribution in [3.8, 4) is 11.4 Å². The highest BCUT2D eigenvalue weighted by atomic mass is 79.9. The van der Waals surface area contributed by atoms with Gasteiger partial charge in [-0.15, -0.1) is 0 Å². The topological polar surface area (TPSA) is 71.4 Å². The van der Waals surface area contributed by atoms with E-state index >= 15 is 0 Å². The molecule has 5 rings (SSSR count). The zero-order chi connectivity index (χ0) is 27.0. The normalized spacial score (nSPS) is 16.9. The Morgan fingerprint density at radius 1 is 1.11 bits per heavy atom. The average Bonchev–Trinajstić information content (AvgIpc) is 3.39. The molecule has 3 heterocycles. The Hall–Kier alpha value is -3.69. The summed E-state index contributed by atoms with van der Waals surface area (Å²) in [6, 6.07) is 21.6. The van der Waals surface area contributed by atoms with E-state index in [9.17, 15) is 4.79 Å². The van der Waals surface area contributed by atoms with Crippen molar-refractivity contribution in [1.82, 2.24) is 14.9 Å². The SMILES string of the molecule is COc1ccc(N2C(=S)N[C@@H](c3ccccn3)[C@H]2c2cc(C)n(-c3ccccc3Br)c2C)cc1NC(C)=O. The molecule has 38 heavy (non-hydrogen) atoms. The van der Waals surface area contributed by atoms with Gasteiger partial charge >= 0.3 is 0 Å². The summed E-state index contributed by atoms with van der Waals surface area (Å²) in [4.78, 5) is 18.7. The molecule has 194 valence electrons. The molecule has 0 spiro atoms. The van der Waals surface area contributed by atoms with Crippen molar-refractivity contribution in [2.24, 2.45) is 0 Å². The third-order valence-corrected chi connectivity index (χ3v) is 7.74. The molecule has 1 amide bonds. The molecule has 2 N–H and O–H groups in total. The number of thiocarbonyl (C=S) groups is 1. The zero-order valence-electron chi connectivity index (χ0n) is 21.5. The maximum Gasteiger partial charge on any atom is 0.221 e. The van der Waals surface area contributed by atoms with Crippen LogP contribution in [0.15, 0.2) is 77.4 Å². The number of ether oxygens (including phenoxy) is 1. The van der Waals surface area contributed by atoms with E-state index in [0.29, 0.717) is 16.5 Å². The third-order valence-electron chi connectivity index (χ3n) is 6.75. The van der Waals surface area contributed by atoms with E-state index < -0.39 is 0 Å². The second kappa shape index (κ2) is 10.6. The lowest BCUT2D eigenvalue weighted by Crippen LogP contribution is -2.29. The van der Waals surface area contributed by atoms with Crippen molar-refractivity contribution in [3.05, 3.63) is 100 Å². The number of nitrogens with zero attached hydrogens (tertiary/aromatic N) is 3. The quantitative estimate of drug-likeness (QED) is 0.254. The van der Waals surface area contributed by atoms with E-state index in [1.165, 1.54) is 6.92 Å². The monoisotopic (exact) mass is 589 g/mol. The van der Waals surface area contributed by atoms with Crippen LogP contribution in [-0.2, 0) is 4.79 Å². The summed E-state index contributed by atoms with van der Waals surface area (Å²) in [5.41, 5.74) is 6.71. The summed E-state index contributed by atoms with van der Waals surface area (Å²) in [6.07, 6.45) is 1.80. The lowest BCUT2D eigenvalue weighted by atomic mass is 9.96. The first-order chi connectivity index (χ1) is 18.3. The summed E-state index contributed by atoms with van der Waals surface area (Å²) in [6.45, 7) is 5.72. The molecule has 9 heteroatoms. The molecule has 2 atom stereocenters. The van der Waals surface area contributed by atoms with E-state index in [2.05, 4.69) is 67.0 Å². The molecule has 7 nitrogen and oxygen atoms in total. The van der Waals surface area contributed by atoms with E-state index in [4.69, 9.17) is 17.0 Å². The maximum atomic E-state index is 11.9. The van der Waals surface area contributed by atoms with Crippen LogP contribution in [0.1, 0.15) is 41.7 Å². The molecule has 0 unspecified atom stereocenters. The van der Waals surface area contributed by atoms with Gasteiger partial charge in [-0.3, -0.25) is 9.78 Å². The molecule has 0 saturated carbocycles. The summed E-state index contributed by atoms with van der Waals surface area (Å²) >= 11 is 9.64. The molecule has 1 saturated heterocycles. The number of carbonyl (C=O) groups excluding carboxylic acids is 1. The van der Waals surface area contributed by atoms with Gasteiger partial charge in [0.05, 0.1) is 36.3 Å². The van der Waals surface area contributed by atoms with Gasteiger partial charge in [-0.2, -0.15) is 0 Å². The van der Waals surface area contributed by atoms with Crippen molar-refractivity contribution in [1.29, 1.82) is 0 Å². The standard InChI is InChI=1S/C29H28BrN5O2S/c1-17-15-21(18(2)34(17)25-11-6-5-9-22(25)30)28-27(23-10-7-8-14-31-23)33-29(38)35(28)20-12-13-26(37-4)24(16-20)32-19(3)36/h5-16,27-28H,1-4H3,(H,32,36)(H,33,38)/t27-,28+/m0/s1. The van der Waals surface area contributed by atoms with Crippen molar-refractivity contribution in [2.45, 2.75) is 32.9 Å². The van der Waals surface area contributed by atoms with Gasteiger partial charge in [0.15, 0.2) is 5.11 Å². The summed E-state index contributed by atoms with van der Waals surface area (Å²) in [7, 11) is 1.58. The smallest absolute Gasteiger partial charge is 0.221 e. The van der Waals surface area contributed by atoms with Crippen LogP contribution >= 0.6 is 28.1 Å². The van der Waals surface area contributed by atoms with Crippen LogP contribution in [0.2, 0.25) is 0 Å². The highest BCUT2D eigenvalue weighted by Crippen LogP contribution is 2.45. The summed E-state index contributed by atoms with van der Waals surface area (Å²) < 4.78 is 8.76. The molecule has 1 aliphatic heterocycles. The van der Waals surface area contributed by atoms with Crippen LogP contribution in [0.3, 0.4) is 0 Å². The zero-order valence-corrected chi connectivity index (χ0v) is 23.9. The van der Waals surface area contributed by atoms with E-state index in [1.807, 2.05) is 54.6 Å². The van der Waals surface area contributed by atoms with Crippen molar-refractivity contribution in [2.75, 3.05) is 17.3 Å². The average molecular weight is 591 g/mol. The van der Waals surface area contributed by atoms with Crippen LogP contribution in [0.5, 0.6) is 5.75 Å². The van der Waals surface area contributed by atoms with Gasteiger partial charge in [0, 0.05) is 34.7 Å². The van der Waals surface area contributed by atoms with Gasteiger partial charge < -0.3 is 24.8 Å². The fourth-order valence-corrected chi connectivity index (χ4v) is 5.98. The molecule has 0 aliphatic carbocycles. The van der Waals surface area contributed by atoms with Crippen LogP contribution < -0.4 is 20.3 Å². The van der Waals surface area contributed by atoms with Gasteiger partial charge in [0.2, 0.25) is 5.91 Å². The number of amides is 1.